The summed E-state index contributed by atoms with van der Waals surface area (Å²) in [5.41, 5.74) is 0. The summed E-state index contributed by atoms with van der Waals surface area (Å²) in [6.45, 7) is 6.49. The quantitative estimate of drug-likeness (QED) is 0.0262. The molecule has 0 aromatic rings. The first-order valence-corrected chi connectivity index (χ1v) is 28.4. The molecule has 0 aliphatic rings. The summed E-state index contributed by atoms with van der Waals surface area (Å²) in [7, 11) is 0. The van der Waals surface area contributed by atoms with Gasteiger partial charge in [0.05, 0.1) is 0 Å². The molecule has 0 N–H and O–H groups in total. The lowest BCUT2D eigenvalue weighted by atomic mass is 10.0. The number of ether oxygens (including phenoxy) is 3. The van der Waals surface area contributed by atoms with Gasteiger partial charge in [0.2, 0.25) is 0 Å². The van der Waals surface area contributed by atoms with Gasteiger partial charge in [-0.15, -0.1) is 0 Å². The van der Waals surface area contributed by atoms with Crippen LogP contribution >= 0.6 is 0 Å². The third-order valence-electron chi connectivity index (χ3n) is 12.2. The van der Waals surface area contributed by atoms with E-state index in [9.17, 15) is 14.4 Å². The van der Waals surface area contributed by atoms with Gasteiger partial charge in [-0.05, 0) is 89.9 Å². The first kappa shape index (κ1) is 63.8. The van der Waals surface area contributed by atoms with E-state index in [4.69, 9.17) is 14.2 Å². The Labute approximate surface area is 414 Å². The van der Waals surface area contributed by atoms with Crippen molar-refractivity contribution in [3.63, 3.8) is 0 Å². The number of hydrogen-bond donors (Lipinski definition) is 0. The minimum atomic E-state index is -0.790. The van der Waals surface area contributed by atoms with Crippen molar-refractivity contribution in [3.8, 4) is 0 Å². The fraction of sp³-hybridized carbons (Fsp3) is 0.754. The molecule has 67 heavy (non-hydrogen) atoms. The molecule has 0 radical (unpaired) electrons. The smallest absolute Gasteiger partial charge is 0.306 e. The van der Waals surface area contributed by atoms with Crippen LogP contribution in [0.15, 0.2) is 72.9 Å². The van der Waals surface area contributed by atoms with E-state index in [1.807, 2.05) is 0 Å². The molecule has 0 saturated heterocycles. The van der Waals surface area contributed by atoms with Crippen LogP contribution in [0.2, 0.25) is 0 Å². The van der Waals surface area contributed by atoms with Crippen molar-refractivity contribution < 1.29 is 28.6 Å². The summed E-state index contributed by atoms with van der Waals surface area (Å²) in [6, 6.07) is 0. The number of carbonyl (C=O) groups is 3. The summed E-state index contributed by atoms with van der Waals surface area (Å²) < 4.78 is 16.8. The Kier molecular flexibility index (Phi) is 52.8. The first-order valence-electron chi connectivity index (χ1n) is 28.4. The molecular weight excluding hydrogens is 829 g/mol. The molecule has 0 unspecified atom stereocenters. The predicted molar refractivity (Wildman–Crippen MR) is 288 cm³/mol. The molecule has 0 amide bonds. The molecule has 0 heterocycles. The van der Waals surface area contributed by atoms with Crippen LogP contribution in [0.4, 0.5) is 0 Å². The zero-order chi connectivity index (χ0) is 48.6. The van der Waals surface area contributed by atoms with Gasteiger partial charge in [0.1, 0.15) is 13.2 Å². The van der Waals surface area contributed by atoms with Crippen molar-refractivity contribution in [1.29, 1.82) is 0 Å². The number of unbranched alkanes of at least 4 members (excludes halogenated alkanes) is 28. The third kappa shape index (κ3) is 53.7. The maximum atomic E-state index is 12.9. The molecule has 386 valence electrons. The second-order valence-corrected chi connectivity index (χ2v) is 18.8. The maximum Gasteiger partial charge on any atom is 0.306 e. The number of rotatable bonds is 51. The molecule has 0 spiro atoms. The average Bonchev–Trinajstić information content (AvgIpc) is 3.33. The molecule has 1 atom stereocenters. The molecule has 6 nitrogen and oxygen atoms in total. The van der Waals surface area contributed by atoms with E-state index in [1.165, 1.54) is 116 Å². The lowest BCUT2D eigenvalue weighted by Crippen LogP contribution is -2.30. The van der Waals surface area contributed by atoms with Crippen molar-refractivity contribution in [2.75, 3.05) is 13.2 Å². The Hall–Kier alpha value is -3.15. The van der Waals surface area contributed by atoms with E-state index in [-0.39, 0.29) is 31.1 Å². The number of carbonyl (C=O) groups excluding carboxylic acids is 3. The van der Waals surface area contributed by atoms with Gasteiger partial charge < -0.3 is 14.2 Å². The summed E-state index contributed by atoms with van der Waals surface area (Å²) in [5, 5.41) is 0. The molecule has 0 saturated carbocycles. The lowest BCUT2D eigenvalue weighted by Gasteiger charge is -2.18. The summed E-state index contributed by atoms with van der Waals surface area (Å²) in [4.78, 5) is 38.1. The second kappa shape index (κ2) is 55.4. The number of hydrogen-bond acceptors (Lipinski definition) is 6. The molecule has 6 heteroatoms. The molecule has 0 aromatic heterocycles. The third-order valence-corrected chi connectivity index (χ3v) is 12.2. The van der Waals surface area contributed by atoms with Crippen LogP contribution < -0.4 is 0 Å². The Morgan fingerprint density at radius 2 is 0.582 bits per heavy atom. The fourth-order valence-electron chi connectivity index (χ4n) is 7.93. The largest absolute Gasteiger partial charge is 0.462 e. The molecule has 0 aliphatic heterocycles. The Morgan fingerprint density at radius 1 is 0.313 bits per heavy atom. The average molecular weight is 936 g/mol. The zero-order valence-electron chi connectivity index (χ0n) is 44.2. The van der Waals surface area contributed by atoms with Crippen LogP contribution in [0.1, 0.15) is 278 Å². The summed E-state index contributed by atoms with van der Waals surface area (Å²) in [6.07, 6.45) is 70.3. The summed E-state index contributed by atoms with van der Waals surface area (Å²) >= 11 is 0. The highest BCUT2D eigenvalue weighted by atomic mass is 16.6. The van der Waals surface area contributed by atoms with Gasteiger partial charge in [-0.25, -0.2) is 0 Å². The van der Waals surface area contributed by atoms with Gasteiger partial charge in [0.15, 0.2) is 6.10 Å². The lowest BCUT2D eigenvalue weighted by molar-refractivity contribution is -0.167. The normalized spacial score (nSPS) is 12.6. The minimum Gasteiger partial charge on any atom is -0.462 e. The first-order chi connectivity index (χ1) is 33.0. The van der Waals surface area contributed by atoms with Gasteiger partial charge in [0.25, 0.3) is 0 Å². The van der Waals surface area contributed by atoms with Crippen molar-refractivity contribution in [2.45, 2.75) is 284 Å². The van der Waals surface area contributed by atoms with Crippen molar-refractivity contribution in [1.82, 2.24) is 0 Å². The van der Waals surface area contributed by atoms with Crippen LogP contribution in [0.25, 0.3) is 0 Å². The highest BCUT2D eigenvalue weighted by molar-refractivity contribution is 5.71. The van der Waals surface area contributed by atoms with E-state index in [1.54, 1.807) is 0 Å². The van der Waals surface area contributed by atoms with Crippen LogP contribution in [0.3, 0.4) is 0 Å². The van der Waals surface area contributed by atoms with Crippen LogP contribution in [0, 0.1) is 0 Å². The minimum absolute atomic E-state index is 0.0899. The number of allylic oxidation sites excluding steroid dienone is 12. The van der Waals surface area contributed by atoms with Crippen LogP contribution in [0.5, 0.6) is 0 Å². The molecule has 0 fully saturated rings. The van der Waals surface area contributed by atoms with Crippen LogP contribution in [-0.2, 0) is 28.6 Å². The Morgan fingerprint density at radius 3 is 0.940 bits per heavy atom. The van der Waals surface area contributed by atoms with Gasteiger partial charge in [-0.1, -0.05) is 241 Å². The molecule has 0 bridgehead atoms. The van der Waals surface area contributed by atoms with E-state index >= 15 is 0 Å². The Balaban J connectivity index is 4.43. The van der Waals surface area contributed by atoms with Gasteiger partial charge in [-0.3, -0.25) is 14.4 Å². The van der Waals surface area contributed by atoms with Gasteiger partial charge in [0, 0.05) is 19.3 Å². The standard InChI is InChI=1S/C61H106O6/c1-4-7-10-13-16-19-22-25-28-30-33-36-39-42-45-48-51-54-60(63)66-57-58(56-65-59(62)53-50-47-44-41-38-35-32-27-24-21-18-15-12-9-6-3)67-61(64)55-52-49-46-43-40-37-34-31-29-26-23-20-17-14-11-8-5-2/h9,12,16,18-19,21,25,27-28,32-33,36,58H,4-8,10-11,13-15,17,20,22-24,26,29-31,34-35,37-57H2,1-3H3/b12-9-,19-16-,21-18-,28-25-,32-27-,36-33-/t58-/m1/s1. The highest BCUT2D eigenvalue weighted by Gasteiger charge is 2.19. The maximum absolute atomic E-state index is 12.9. The summed E-state index contributed by atoms with van der Waals surface area (Å²) in [5.74, 6) is -0.917. The van der Waals surface area contributed by atoms with Crippen molar-refractivity contribution in [3.05, 3.63) is 72.9 Å². The number of esters is 3. The Bertz CT molecular complexity index is 1260. The monoisotopic (exact) mass is 935 g/mol. The fourth-order valence-corrected chi connectivity index (χ4v) is 7.93. The van der Waals surface area contributed by atoms with Gasteiger partial charge >= 0.3 is 17.9 Å². The SMILES string of the molecule is CC/C=C\C/C=C\C/C=C\CCCCCCCC(=O)OC[C@H](COC(=O)CCCCCC/C=C\C/C=C\C/C=C\CCCCC)OC(=O)CCCCCCCCCCCCCCCCCCC. The van der Waals surface area contributed by atoms with Gasteiger partial charge in [-0.2, -0.15) is 0 Å². The molecular formula is C61H106O6. The topological polar surface area (TPSA) is 78.9 Å². The van der Waals surface area contributed by atoms with E-state index in [0.717, 1.165) is 122 Å². The van der Waals surface area contributed by atoms with E-state index < -0.39 is 6.10 Å². The van der Waals surface area contributed by atoms with Crippen molar-refractivity contribution >= 4 is 17.9 Å². The van der Waals surface area contributed by atoms with Crippen LogP contribution in [-0.4, -0.2) is 37.2 Å². The van der Waals surface area contributed by atoms with E-state index in [0.29, 0.717) is 19.3 Å². The van der Waals surface area contributed by atoms with E-state index in [2.05, 4.69) is 93.7 Å². The molecule has 0 aromatic carbocycles. The zero-order valence-corrected chi connectivity index (χ0v) is 44.2. The highest BCUT2D eigenvalue weighted by Crippen LogP contribution is 2.16. The predicted octanol–water partition coefficient (Wildman–Crippen LogP) is 19.0. The molecule has 0 aliphatic carbocycles. The van der Waals surface area contributed by atoms with Crippen molar-refractivity contribution in [2.24, 2.45) is 0 Å². The molecule has 0 rings (SSSR count). The second-order valence-electron chi connectivity index (χ2n) is 18.8.